The first-order chi connectivity index (χ1) is 9.22. The summed E-state index contributed by atoms with van der Waals surface area (Å²) in [7, 11) is 0. The minimum absolute atomic E-state index is 0.707. The van der Waals surface area contributed by atoms with Gasteiger partial charge < -0.3 is 10.2 Å². The Labute approximate surface area is 114 Å². The van der Waals surface area contributed by atoms with Crippen molar-refractivity contribution in [2.75, 3.05) is 31.5 Å². The summed E-state index contributed by atoms with van der Waals surface area (Å²) in [6, 6.07) is 4.04. The van der Waals surface area contributed by atoms with Crippen LogP contribution in [0.5, 0.6) is 0 Å². The van der Waals surface area contributed by atoms with Gasteiger partial charge in [0.25, 0.3) is 0 Å². The highest BCUT2D eigenvalue weighted by atomic mass is 15.3. The van der Waals surface area contributed by atoms with E-state index in [9.17, 15) is 0 Å². The van der Waals surface area contributed by atoms with Crippen LogP contribution in [-0.4, -0.2) is 45.7 Å². The molecule has 0 aliphatic carbocycles. The number of fused-ring (bicyclic) bond motifs is 1. The standard InChI is InChI=1S/C14H23N5/c1-4-9-18(5-2)10-8-15-14-16-13-7-6-12(3)11-19(13)17-14/h6-7,11H,4-5,8-10H2,1-3H3,(H,15,17). The van der Waals surface area contributed by atoms with Crippen LogP contribution in [0.2, 0.25) is 0 Å². The van der Waals surface area contributed by atoms with Gasteiger partial charge in [0.2, 0.25) is 5.95 Å². The number of aromatic nitrogens is 3. The van der Waals surface area contributed by atoms with Gasteiger partial charge in [-0.3, -0.25) is 0 Å². The molecule has 0 aliphatic heterocycles. The predicted molar refractivity (Wildman–Crippen MR) is 78.6 cm³/mol. The summed E-state index contributed by atoms with van der Waals surface area (Å²) in [5.41, 5.74) is 2.07. The van der Waals surface area contributed by atoms with Crippen molar-refractivity contribution in [1.29, 1.82) is 0 Å². The molecule has 2 rings (SSSR count). The largest absolute Gasteiger partial charge is 0.352 e. The van der Waals surface area contributed by atoms with Crippen molar-refractivity contribution < 1.29 is 0 Å². The van der Waals surface area contributed by atoms with Crippen LogP contribution in [0, 0.1) is 6.92 Å². The van der Waals surface area contributed by atoms with Crippen molar-refractivity contribution in [3.8, 4) is 0 Å². The molecule has 0 spiro atoms. The van der Waals surface area contributed by atoms with Gasteiger partial charge in [0.1, 0.15) is 0 Å². The first kappa shape index (κ1) is 13.8. The summed E-state index contributed by atoms with van der Waals surface area (Å²) in [4.78, 5) is 6.87. The molecule has 0 atom stereocenters. The van der Waals surface area contributed by atoms with Gasteiger partial charge in [0.15, 0.2) is 5.65 Å². The van der Waals surface area contributed by atoms with Gasteiger partial charge in [-0.25, -0.2) is 4.52 Å². The molecule has 1 N–H and O–H groups in total. The van der Waals surface area contributed by atoms with Gasteiger partial charge in [-0.1, -0.05) is 19.9 Å². The number of nitrogens with zero attached hydrogens (tertiary/aromatic N) is 4. The lowest BCUT2D eigenvalue weighted by atomic mass is 10.3. The van der Waals surface area contributed by atoms with Gasteiger partial charge >= 0.3 is 0 Å². The van der Waals surface area contributed by atoms with Gasteiger partial charge in [-0.05, 0) is 38.1 Å². The molecule has 2 heterocycles. The van der Waals surface area contributed by atoms with Crippen molar-refractivity contribution in [3.05, 3.63) is 23.9 Å². The maximum absolute atomic E-state index is 4.44. The third kappa shape index (κ3) is 3.67. The maximum Gasteiger partial charge on any atom is 0.243 e. The molecular formula is C14H23N5. The number of aryl methyl sites for hydroxylation is 1. The van der Waals surface area contributed by atoms with E-state index in [4.69, 9.17) is 0 Å². The van der Waals surface area contributed by atoms with Crippen LogP contribution in [0.1, 0.15) is 25.8 Å². The van der Waals surface area contributed by atoms with Crippen LogP contribution in [0.25, 0.3) is 5.65 Å². The summed E-state index contributed by atoms with van der Waals surface area (Å²) in [6.45, 7) is 10.6. The normalized spacial score (nSPS) is 11.4. The molecular weight excluding hydrogens is 238 g/mol. The molecule has 0 saturated heterocycles. The molecule has 104 valence electrons. The number of nitrogens with one attached hydrogen (secondary N) is 1. The molecule has 2 aromatic heterocycles. The molecule has 0 aliphatic rings. The Hall–Kier alpha value is -1.62. The highest BCUT2D eigenvalue weighted by Gasteiger charge is 2.04. The van der Waals surface area contributed by atoms with E-state index in [1.807, 2.05) is 22.8 Å². The third-order valence-electron chi connectivity index (χ3n) is 3.18. The molecule has 2 aromatic rings. The van der Waals surface area contributed by atoms with Crippen LogP contribution in [0.4, 0.5) is 5.95 Å². The molecule has 0 amide bonds. The highest BCUT2D eigenvalue weighted by Crippen LogP contribution is 2.06. The van der Waals surface area contributed by atoms with Gasteiger partial charge in [0, 0.05) is 19.3 Å². The number of anilines is 1. The molecule has 0 fully saturated rings. The average molecular weight is 261 g/mol. The van der Waals surface area contributed by atoms with Crippen molar-refractivity contribution in [2.45, 2.75) is 27.2 Å². The van der Waals surface area contributed by atoms with E-state index in [1.54, 1.807) is 0 Å². The topological polar surface area (TPSA) is 45.5 Å². The summed E-state index contributed by atoms with van der Waals surface area (Å²) in [6.07, 6.45) is 3.18. The number of rotatable bonds is 7. The lowest BCUT2D eigenvalue weighted by Crippen LogP contribution is -2.29. The van der Waals surface area contributed by atoms with Crippen molar-refractivity contribution >= 4 is 11.6 Å². The Bertz CT molecular complexity index is 520. The Morgan fingerprint density at radius 1 is 1.26 bits per heavy atom. The fourth-order valence-corrected chi connectivity index (χ4v) is 2.13. The summed E-state index contributed by atoms with van der Waals surface area (Å²) >= 11 is 0. The van der Waals surface area contributed by atoms with Crippen molar-refractivity contribution in [3.63, 3.8) is 0 Å². The van der Waals surface area contributed by atoms with E-state index in [0.717, 1.165) is 31.8 Å². The van der Waals surface area contributed by atoms with E-state index in [1.165, 1.54) is 12.0 Å². The summed E-state index contributed by atoms with van der Waals surface area (Å²) in [5.74, 6) is 0.707. The monoisotopic (exact) mass is 261 g/mol. The van der Waals surface area contributed by atoms with Crippen LogP contribution in [-0.2, 0) is 0 Å². The third-order valence-corrected chi connectivity index (χ3v) is 3.18. The quantitative estimate of drug-likeness (QED) is 0.830. The fraction of sp³-hybridized carbons (Fsp3) is 0.571. The van der Waals surface area contributed by atoms with Crippen LogP contribution in [0.3, 0.4) is 0 Å². The highest BCUT2D eigenvalue weighted by molar-refractivity contribution is 5.44. The number of hydrogen-bond acceptors (Lipinski definition) is 4. The molecule has 0 aromatic carbocycles. The molecule has 19 heavy (non-hydrogen) atoms. The van der Waals surface area contributed by atoms with Gasteiger partial charge in [-0.2, -0.15) is 4.98 Å². The van der Waals surface area contributed by atoms with E-state index >= 15 is 0 Å². The number of pyridine rings is 1. The Morgan fingerprint density at radius 3 is 2.84 bits per heavy atom. The maximum atomic E-state index is 4.44. The smallest absolute Gasteiger partial charge is 0.243 e. The Kier molecular flexibility index (Phi) is 4.74. The van der Waals surface area contributed by atoms with Gasteiger partial charge in [0.05, 0.1) is 0 Å². The molecule has 0 saturated carbocycles. The number of hydrogen-bond donors (Lipinski definition) is 1. The molecule has 5 heteroatoms. The fourth-order valence-electron chi connectivity index (χ4n) is 2.13. The van der Waals surface area contributed by atoms with E-state index < -0.39 is 0 Å². The first-order valence-electron chi connectivity index (χ1n) is 7.02. The lowest BCUT2D eigenvalue weighted by Gasteiger charge is -2.19. The lowest BCUT2D eigenvalue weighted by molar-refractivity contribution is 0.300. The predicted octanol–water partition coefficient (Wildman–Crippen LogP) is 2.18. The van der Waals surface area contributed by atoms with Crippen LogP contribution in [0.15, 0.2) is 18.3 Å². The zero-order chi connectivity index (χ0) is 13.7. The van der Waals surface area contributed by atoms with Gasteiger partial charge in [-0.15, -0.1) is 5.10 Å². The zero-order valence-electron chi connectivity index (χ0n) is 12.1. The number of likely N-dealkylation sites (N-methyl/N-ethyl adjacent to an activating group) is 1. The van der Waals surface area contributed by atoms with E-state index in [2.05, 4.69) is 41.1 Å². The minimum atomic E-state index is 0.707. The molecule has 5 nitrogen and oxygen atoms in total. The summed E-state index contributed by atoms with van der Waals surface area (Å²) in [5, 5.41) is 7.71. The van der Waals surface area contributed by atoms with Crippen LogP contribution < -0.4 is 5.32 Å². The van der Waals surface area contributed by atoms with Crippen molar-refractivity contribution in [2.24, 2.45) is 0 Å². The second-order valence-electron chi connectivity index (χ2n) is 4.81. The Balaban J connectivity index is 1.91. The van der Waals surface area contributed by atoms with Crippen LogP contribution >= 0.6 is 0 Å². The second kappa shape index (κ2) is 6.52. The summed E-state index contributed by atoms with van der Waals surface area (Å²) < 4.78 is 1.82. The van der Waals surface area contributed by atoms with E-state index in [-0.39, 0.29) is 0 Å². The molecule has 0 radical (unpaired) electrons. The van der Waals surface area contributed by atoms with Crippen molar-refractivity contribution in [1.82, 2.24) is 19.5 Å². The zero-order valence-corrected chi connectivity index (χ0v) is 12.1. The first-order valence-corrected chi connectivity index (χ1v) is 7.02. The van der Waals surface area contributed by atoms with E-state index in [0.29, 0.717) is 5.95 Å². The Morgan fingerprint density at radius 2 is 2.11 bits per heavy atom. The average Bonchev–Trinajstić information content (AvgIpc) is 2.79. The SMILES string of the molecule is CCCN(CC)CCNc1nc2ccc(C)cn2n1. The second-order valence-corrected chi connectivity index (χ2v) is 4.81. The molecule has 0 bridgehead atoms. The molecule has 0 unspecified atom stereocenters. The minimum Gasteiger partial charge on any atom is -0.352 e.